The van der Waals surface area contributed by atoms with Gasteiger partial charge in [-0.25, -0.2) is 0 Å². The molecule has 1 aliphatic carbocycles. The van der Waals surface area contributed by atoms with Crippen LogP contribution in [-0.4, -0.2) is 23.4 Å². The van der Waals surface area contributed by atoms with Gasteiger partial charge in [0.15, 0.2) is 0 Å². The highest BCUT2D eigenvalue weighted by molar-refractivity contribution is 5.77. The number of carbonyl (C=O) groups is 1. The van der Waals surface area contributed by atoms with Crippen LogP contribution in [0.5, 0.6) is 0 Å². The van der Waals surface area contributed by atoms with E-state index in [0.717, 1.165) is 19.4 Å². The third-order valence-corrected chi connectivity index (χ3v) is 4.73. The Morgan fingerprint density at radius 1 is 1.22 bits per heavy atom. The SMILES string of the molecule is CCCCCC(=O)N1CC2(C)CC1CC(C)(C)C2. The fourth-order valence-electron chi connectivity index (χ4n) is 4.42. The Bertz CT molecular complexity index is 323. The number of nitrogens with zero attached hydrogens (tertiary/aromatic N) is 1. The summed E-state index contributed by atoms with van der Waals surface area (Å²) in [6.07, 6.45) is 7.92. The maximum atomic E-state index is 12.3. The van der Waals surface area contributed by atoms with E-state index in [2.05, 4.69) is 32.6 Å². The molecule has 2 bridgehead atoms. The summed E-state index contributed by atoms with van der Waals surface area (Å²) >= 11 is 0. The van der Waals surface area contributed by atoms with Crippen molar-refractivity contribution in [3.05, 3.63) is 0 Å². The van der Waals surface area contributed by atoms with Crippen molar-refractivity contribution in [1.82, 2.24) is 4.90 Å². The number of rotatable bonds is 4. The van der Waals surface area contributed by atoms with Crippen molar-refractivity contribution in [1.29, 1.82) is 0 Å². The first-order chi connectivity index (χ1) is 8.35. The summed E-state index contributed by atoms with van der Waals surface area (Å²) in [5, 5.41) is 0. The molecular formula is C16H29NO. The molecule has 0 aromatic rings. The van der Waals surface area contributed by atoms with Gasteiger partial charge in [-0.1, -0.05) is 40.5 Å². The van der Waals surface area contributed by atoms with E-state index in [1.165, 1.54) is 32.1 Å². The van der Waals surface area contributed by atoms with Crippen molar-refractivity contribution >= 4 is 5.91 Å². The van der Waals surface area contributed by atoms with Gasteiger partial charge >= 0.3 is 0 Å². The monoisotopic (exact) mass is 251 g/mol. The highest BCUT2D eigenvalue weighted by atomic mass is 16.2. The largest absolute Gasteiger partial charge is 0.339 e. The Kier molecular flexibility index (Phi) is 3.75. The van der Waals surface area contributed by atoms with E-state index in [1.54, 1.807) is 0 Å². The maximum Gasteiger partial charge on any atom is 0.222 e. The predicted molar refractivity (Wildman–Crippen MR) is 75.4 cm³/mol. The summed E-state index contributed by atoms with van der Waals surface area (Å²) in [4.78, 5) is 14.6. The molecule has 0 spiro atoms. The van der Waals surface area contributed by atoms with Crippen LogP contribution >= 0.6 is 0 Å². The molecule has 18 heavy (non-hydrogen) atoms. The molecule has 2 aliphatic rings. The summed E-state index contributed by atoms with van der Waals surface area (Å²) in [5.74, 6) is 0.412. The molecule has 1 heterocycles. The third-order valence-electron chi connectivity index (χ3n) is 4.73. The standard InChI is InChI=1S/C16H29NO/c1-5-6-7-8-14(18)17-12-16(4)10-13(17)9-15(2,3)11-16/h13H,5-12H2,1-4H3. The number of amides is 1. The first-order valence-corrected chi connectivity index (χ1v) is 7.65. The molecule has 2 unspecified atom stereocenters. The second-order valence-corrected chi connectivity index (χ2v) is 7.69. The van der Waals surface area contributed by atoms with Crippen molar-refractivity contribution in [3.8, 4) is 0 Å². The molecule has 0 aromatic carbocycles. The summed E-state index contributed by atoms with van der Waals surface area (Å²) in [6, 6.07) is 0.521. The van der Waals surface area contributed by atoms with Gasteiger partial charge in [0, 0.05) is 19.0 Å². The first-order valence-electron chi connectivity index (χ1n) is 7.65. The maximum absolute atomic E-state index is 12.3. The van der Waals surface area contributed by atoms with Gasteiger partial charge in [0.2, 0.25) is 5.91 Å². The second-order valence-electron chi connectivity index (χ2n) is 7.69. The van der Waals surface area contributed by atoms with Crippen molar-refractivity contribution in [3.63, 3.8) is 0 Å². The minimum Gasteiger partial charge on any atom is -0.339 e. The molecule has 104 valence electrons. The highest BCUT2D eigenvalue weighted by Crippen LogP contribution is 2.52. The lowest BCUT2D eigenvalue weighted by molar-refractivity contribution is -0.132. The Labute approximate surface area is 112 Å². The van der Waals surface area contributed by atoms with Crippen LogP contribution in [-0.2, 0) is 4.79 Å². The lowest BCUT2D eigenvalue weighted by atomic mass is 9.65. The van der Waals surface area contributed by atoms with Crippen molar-refractivity contribution in [2.24, 2.45) is 10.8 Å². The Morgan fingerprint density at radius 2 is 1.94 bits per heavy atom. The lowest BCUT2D eigenvalue weighted by Crippen LogP contribution is -2.37. The summed E-state index contributed by atoms with van der Waals surface area (Å²) < 4.78 is 0. The average Bonchev–Trinajstić information content (AvgIpc) is 2.48. The molecule has 2 atom stereocenters. The number of hydrogen-bond acceptors (Lipinski definition) is 1. The Balaban J connectivity index is 1.98. The molecule has 0 radical (unpaired) electrons. The number of unbranched alkanes of at least 4 members (excludes halogenated alkanes) is 2. The number of fused-ring (bicyclic) bond motifs is 2. The molecule has 0 N–H and O–H groups in total. The van der Waals surface area contributed by atoms with Gasteiger partial charge in [-0.2, -0.15) is 0 Å². The average molecular weight is 251 g/mol. The van der Waals surface area contributed by atoms with Gasteiger partial charge in [-0.3, -0.25) is 4.79 Å². The molecular weight excluding hydrogens is 222 g/mol. The van der Waals surface area contributed by atoms with Gasteiger partial charge in [0.05, 0.1) is 0 Å². The predicted octanol–water partition coefficient (Wildman–Crippen LogP) is 3.99. The fourth-order valence-corrected chi connectivity index (χ4v) is 4.42. The minimum atomic E-state index is 0.382. The van der Waals surface area contributed by atoms with Gasteiger partial charge < -0.3 is 4.90 Å². The molecule has 2 nitrogen and oxygen atoms in total. The third kappa shape index (κ3) is 2.89. The molecule has 1 saturated carbocycles. The molecule has 2 heteroatoms. The quantitative estimate of drug-likeness (QED) is 0.692. The second kappa shape index (κ2) is 4.86. The zero-order valence-electron chi connectivity index (χ0n) is 12.6. The molecule has 1 saturated heterocycles. The van der Waals surface area contributed by atoms with Gasteiger partial charge in [-0.05, 0) is 36.5 Å². The van der Waals surface area contributed by atoms with Crippen molar-refractivity contribution in [2.45, 2.75) is 78.7 Å². The lowest BCUT2D eigenvalue weighted by Gasteiger charge is -2.39. The first kappa shape index (κ1) is 13.9. The minimum absolute atomic E-state index is 0.382. The van der Waals surface area contributed by atoms with Crippen LogP contribution < -0.4 is 0 Å². The van der Waals surface area contributed by atoms with E-state index in [9.17, 15) is 4.79 Å². The van der Waals surface area contributed by atoms with E-state index >= 15 is 0 Å². The summed E-state index contributed by atoms with van der Waals surface area (Å²) in [7, 11) is 0. The Hall–Kier alpha value is -0.530. The summed E-state index contributed by atoms with van der Waals surface area (Å²) in [6.45, 7) is 10.3. The smallest absolute Gasteiger partial charge is 0.222 e. The van der Waals surface area contributed by atoms with Crippen molar-refractivity contribution < 1.29 is 4.79 Å². The van der Waals surface area contributed by atoms with Crippen molar-refractivity contribution in [2.75, 3.05) is 6.54 Å². The van der Waals surface area contributed by atoms with Crippen LogP contribution in [0.15, 0.2) is 0 Å². The van der Waals surface area contributed by atoms with E-state index in [0.29, 0.717) is 22.8 Å². The molecule has 2 fully saturated rings. The van der Waals surface area contributed by atoms with Crippen LogP contribution in [0.3, 0.4) is 0 Å². The van der Waals surface area contributed by atoms with E-state index < -0.39 is 0 Å². The fraction of sp³-hybridized carbons (Fsp3) is 0.938. The topological polar surface area (TPSA) is 20.3 Å². The summed E-state index contributed by atoms with van der Waals surface area (Å²) in [5.41, 5.74) is 0.795. The normalized spacial score (nSPS) is 33.8. The Morgan fingerprint density at radius 3 is 2.61 bits per heavy atom. The zero-order chi connectivity index (χ0) is 13.4. The van der Waals surface area contributed by atoms with E-state index in [4.69, 9.17) is 0 Å². The van der Waals surface area contributed by atoms with Crippen LogP contribution in [0, 0.1) is 10.8 Å². The van der Waals surface area contributed by atoms with Gasteiger partial charge in [-0.15, -0.1) is 0 Å². The number of likely N-dealkylation sites (tertiary alicyclic amines) is 1. The number of hydrogen-bond donors (Lipinski definition) is 0. The number of carbonyl (C=O) groups excluding carboxylic acids is 1. The van der Waals surface area contributed by atoms with E-state index in [-0.39, 0.29) is 0 Å². The highest BCUT2D eigenvalue weighted by Gasteiger charge is 2.50. The van der Waals surface area contributed by atoms with Gasteiger partial charge in [0.1, 0.15) is 0 Å². The molecule has 2 rings (SSSR count). The van der Waals surface area contributed by atoms with Gasteiger partial charge in [0.25, 0.3) is 0 Å². The van der Waals surface area contributed by atoms with Crippen LogP contribution in [0.25, 0.3) is 0 Å². The van der Waals surface area contributed by atoms with Crippen LogP contribution in [0.2, 0.25) is 0 Å². The zero-order valence-corrected chi connectivity index (χ0v) is 12.6. The van der Waals surface area contributed by atoms with Crippen LogP contribution in [0.1, 0.15) is 72.6 Å². The molecule has 0 aromatic heterocycles. The molecule has 1 amide bonds. The molecule has 1 aliphatic heterocycles. The van der Waals surface area contributed by atoms with E-state index in [1.807, 2.05) is 0 Å². The van der Waals surface area contributed by atoms with Crippen LogP contribution in [0.4, 0.5) is 0 Å².